The van der Waals surface area contributed by atoms with Gasteiger partial charge < -0.3 is 25.2 Å². The first-order valence-corrected chi connectivity index (χ1v) is 13.8. The second-order valence-electron chi connectivity index (χ2n) is 9.59. The minimum absolute atomic E-state index is 0.00253. The molecule has 3 aromatic rings. The summed E-state index contributed by atoms with van der Waals surface area (Å²) in [7, 11) is 1.63. The summed E-state index contributed by atoms with van der Waals surface area (Å²) in [5.41, 5.74) is 3.31. The minimum Gasteiger partial charge on any atom is -0.494 e. The second kappa shape index (κ2) is 12.5. The first kappa shape index (κ1) is 27.7. The zero-order chi connectivity index (χ0) is 28.1. The van der Waals surface area contributed by atoms with Crippen LogP contribution in [0.15, 0.2) is 61.4 Å². The monoisotopic (exact) mass is 563 g/mol. The van der Waals surface area contributed by atoms with E-state index >= 15 is 0 Å². The van der Waals surface area contributed by atoms with Gasteiger partial charge in [0.15, 0.2) is 5.82 Å². The zero-order valence-electron chi connectivity index (χ0n) is 22.8. The molecule has 2 saturated heterocycles. The number of carbonyl (C=O) groups is 1. The van der Waals surface area contributed by atoms with Gasteiger partial charge in [0, 0.05) is 49.8 Å². The molecule has 11 heteroatoms. The van der Waals surface area contributed by atoms with E-state index in [1.54, 1.807) is 7.11 Å². The van der Waals surface area contributed by atoms with Crippen LogP contribution in [0.3, 0.4) is 0 Å². The van der Waals surface area contributed by atoms with Crippen LogP contribution in [0, 0.1) is 0 Å². The molecule has 0 spiro atoms. The van der Waals surface area contributed by atoms with Crippen molar-refractivity contribution in [2.24, 2.45) is 0 Å². The average Bonchev–Trinajstić information content (AvgIpc) is 3.48. The van der Waals surface area contributed by atoms with Gasteiger partial charge in [-0.3, -0.25) is 9.63 Å². The SMILES string of the molecule is C=CC(=O)Nc1cc(Nc2cc(N3OCC[C@@H]3c3ccc(Cl)cc3)ncn2)c(OC)cc1N1CCN(CC)CC1. The van der Waals surface area contributed by atoms with Gasteiger partial charge in [0.1, 0.15) is 17.9 Å². The topological polar surface area (TPSA) is 95.1 Å². The molecular weight excluding hydrogens is 530 g/mol. The molecule has 2 fully saturated rings. The molecule has 10 nitrogen and oxygen atoms in total. The first-order chi connectivity index (χ1) is 19.5. The predicted molar refractivity (Wildman–Crippen MR) is 159 cm³/mol. The van der Waals surface area contributed by atoms with E-state index in [2.05, 4.69) is 43.9 Å². The van der Waals surface area contributed by atoms with E-state index in [-0.39, 0.29) is 11.9 Å². The summed E-state index contributed by atoms with van der Waals surface area (Å²) in [6, 6.07) is 13.4. The molecule has 0 radical (unpaired) electrons. The number of benzene rings is 2. The van der Waals surface area contributed by atoms with Crippen molar-refractivity contribution >= 4 is 46.2 Å². The summed E-state index contributed by atoms with van der Waals surface area (Å²) in [6.45, 7) is 11.0. The smallest absolute Gasteiger partial charge is 0.247 e. The summed E-state index contributed by atoms with van der Waals surface area (Å²) < 4.78 is 5.77. The number of rotatable bonds is 9. The standard InChI is InChI=1S/C29H34ClN7O3/c1-4-29(38)34-22-16-23(26(39-3)17-25(22)36-13-11-35(5-2)12-14-36)33-27-18-28(32-19-31-27)37-24(10-15-40-37)20-6-8-21(30)9-7-20/h4,6-9,16-19,24H,1,5,10-15H2,2-3H3,(H,34,38)(H,31,32,33)/t24-/m1/s1. The van der Waals surface area contributed by atoms with Gasteiger partial charge in [-0.15, -0.1) is 0 Å². The van der Waals surface area contributed by atoms with Crippen molar-refractivity contribution in [1.82, 2.24) is 14.9 Å². The minimum atomic E-state index is -0.284. The van der Waals surface area contributed by atoms with Crippen LogP contribution in [0.5, 0.6) is 5.75 Å². The highest BCUT2D eigenvalue weighted by Crippen LogP contribution is 2.40. The van der Waals surface area contributed by atoms with Crippen LogP contribution >= 0.6 is 11.6 Å². The third-order valence-corrected chi connectivity index (χ3v) is 7.47. The Morgan fingerprint density at radius 3 is 2.62 bits per heavy atom. The van der Waals surface area contributed by atoms with Crippen molar-refractivity contribution < 1.29 is 14.4 Å². The van der Waals surface area contributed by atoms with Crippen LogP contribution in [0.4, 0.5) is 28.7 Å². The molecule has 2 aromatic carbocycles. The number of amides is 1. The summed E-state index contributed by atoms with van der Waals surface area (Å²) >= 11 is 6.09. The van der Waals surface area contributed by atoms with Crippen molar-refractivity contribution in [2.75, 3.05) is 67.0 Å². The molecule has 1 aromatic heterocycles. The van der Waals surface area contributed by atoms with Crippen molar-refractivity contribution in [3.63, 3.8) is 0 Å². The number of hydrogen-bond acceptors (Lipinski definition) is 9. The lowest BCUT2D eigenvalue weighted by Crippen LogP contribution is -2.46. The van der Waals surface area contributed by atoms with Crippen LogP contribution in [0.25, 0.3) is 0 Å². The van der Waals surface area contributed by atoms with Gasteiger partial charge in [-0.25, -0.2) is 15.0 Å². The summed E-state index contributed by atoms with van der Waals surface area (Å²) in [6.07, 6.45) is 3.58. The Labute approximate surface area is 239 Å². The van der Waals surface area contributed by atoms with Crippen LogP contribution in [0.1, 0.15) is 24.9 Å². The number of piperazine rings is 1. The van der Waals surface area contributed by atoms with Gasteiger partial charge in [0.05, 0.1) is 36.8 Å². The molecule has 0 aliphatic carbocycles. The molecule has 0 bridgehead atoms. The molecule has 40 heavy (non-hydrogen) atoms. The van der Waals surface area contributed by atoms with Crippen LogP contribution in [-0.4, -0.2) is 67.2 Å². The Bertz CT molecular complexity index is 1350. The van der Waals surface area contributed by atoms with Crippen molar-refractivity contribution in [2.45, 2.75) is 19.4 Å². The van der Waals surface area contributed by atoms with Gasteiger partial charge in [-0.1, -0.05) is 37.2 Å². The van der Waals surface area contributed by atoms with Crippen molar-refractivity contribution in [1.29, 1.82) is 0 Å². The van der Waals surface area contributed by atoms with Crippen molar-refractivity contribution in [3.8, 4) is 5.75 Å². The number of nitrogens with one attached hydrogen (secondary N) is 2. The summed E-state index contributed by atoms with van der Waals surface area (Å²) in [5.74, 6) is 1.52. The fraction of sp³-hybridized carbons (Fsp3) is 0.345. The number of halogens is 1. The summed E-state index contributed by atoms with van der Waals surface area (Å²) in [4.78, 5) is 31.9. The molecule has 1 amide bonds. The highest BCUT2D eigenvalue weighted by Gasteiger charge is 2.29. The molecule has 1 atom stereocenters. The molecule has 0 saturated carbocycles. The first-order valence-electron chi connectivity index (χ1n) is 13.4. The number of aromatic nitrogens is 2. The zero-order valence-corrected chi connectivity index (χ0v) is 23.5. The van der Waals surface area contributed by atoms with Gasteiger partial charge >= 0.3 is 0 Å². The van der Waals surface area contributed by atoms with E-state index in [0.717, 1.165) is 50.4 Å². The number of likely N-dealkylation sites (N-methyl/N-ethyl adjacent to an activating group) is 1. The normalized spacial score (nSPS) is 17.5. The fourth-order valence-electron chi connectivity index (χ4n) is 5.04. The van der Waals surface area contributed by atoms with Crippen LogP contribution in [-0.2, 0) is 9.63 Å². The Morgan fingerprint density at radius 1 is 1.15 bits per heavy atom. The van der Waals surface area contributed by atoms with E-state index < -0.39 is 0 Å². The molecule has 5 rings (SSSR count). The van der Waals surface area contributed by atoms with E-state index in [1.807, 2.05) is 47.5 Å². The van der Waals surface area contributed by atoms with Gasteiger partial charge in [0.2, 0.25) is 5.91 Å². The average molecular weight is 564 g/mol. The second-order valence-corrected chi connectivity index (χ2v) is 10.0. The third kappa shape index (κ3) is 6.14. The Hall–Kier alpha value is -3.86. The van der Waals surface area contributed by atoms with Crippen molar-refractivity contribution in [3.05, 3.63) is 72.0 Å². The number of ether oxygens (including phenoxy) is 1. The van der Waals surface area contributed by atoms with E-state index in [0.29, 0.717) is 40.4 Å². The molecule has 2 N–H and O–H groups in total. The maximum absolute atomic E-state index is 12.3. The molecule has 0 unspecified atom stereocenters. The van der Waals surface area contributed by atoms with Crippen LogP contribution in [0.2, 0.25) is 5.02 Å². The highest BCUT2D eigenvalue weighted by atomic mass is 35.5. The Kier molecular flexibility index (Phi) is 8.69. The summed E-state index contributed by atoms with van der Waals surface area (Å²) in [5, 5.41) is 8.81. The van der Waals surface area contributed by atoms with E-state index in [9.17, 15) is 4.79 Å². The van der Waals surface area contributed by atoms with E-state index in [1.165, 1.54) is 12.4 Å². The lowest BCUT2D eigenvalue weighted by molar-refractivity contribution is -0.111. The van der Waals surface area contributed by atoms with Crippen LogP contribution < -0.4 is 25.3 Å². The Morgan fingerprint density at radius 2 is 1.93 bits per heavy atom. The van der Waals surface area contributed by atoms with E-state index in [4.69, 9.17) is 21.2 Å². The van der Waals surface area contributed by atoms with Gasteiger partial charge in [0.25, 0.3) is 0 Å². The number of anilines is 5. The molecule has 2 aliphatic heterocycles. The maximum atomic E-state index is 12.3. The lowest BCUT2D eigenvalue weighted by Gasteiger charge is -2.36. The molecular formula is C29H34ClN7O3. The fourth-order valence-corrected chi connectivity index (χ4v) is 5.17. The number of methoxy groups -OCH3 is 1. The molecule has 3 heterocycles. The predicted octanol–water partition coefficient (Wildman–Crippen LogP) is 5.03. The maximum Gasteiger partial charge on any atom is 0.247 e. The molecule has 210 valence electrons. The molecule has 2 aliphatic rings. The number of nitrogens with zero attached hydrogens (tertiary/aromatic N) is 5. The van der Waals surface area contributed by atoms with Gasteiger partial charge in [-0.2, -0.15) is 0 Å². The quantitative estimate of drug-likeness (QED) is 0.347. The number of carbonyl (C=O) groups excluding carboxylic acids is 1. The lowest BCUT2D eigenvalue weighted by atomic mass is 10.0. The van der Waals surface area contributed by atoms with Gasteiger partial charge in [-0.05, 0) is 36.4 Å². The highest BCUT2D eigenvalue weighted by molar-refractivity contribution is 6.30. The third-order valence-electron chi connectivity index (χ3n) is 7.22. The largest absolute Gasteiger partial charge is 0.494 e. The number of hydroxylamine groups is 1. The number of hydrogen-bond donors (Lipinski definition) is 2. The Balaban J connectivity index is 1.42.